The molecule has 0 heterocycles. The first-order valence-electron chi connectivity index (χ1n) is 10.9. The second kappa shape index (κ2) is 11.6. The fourth-order valence-corrected chi connectivity index (χ4v) is 5.29. The number of nitrogens with one attached hydrogen (secondary N) is 1. The van der Waals surface area contributed by atoms with Crippen LogP contribution in [0.2, 0.25) is 15.1 Å². The summed E-state index contributed by atoms with van der Waals surface area (Å²) in [4.78, 5) is 12.7. The topological polar surface area (TPSA) is 29.1 Å². The lowest BCUT2D eigenvalue weighted by Crippen LogP contribution is -2.40. The van der Waals surface area contributed by atoms with E-state index < -0.39 is 58.3 Å². The molecule has 2 aromatic rings. The fraction of sp³-hybridized carbons (Fsp3) is 0.375. The highest BCUT2D eigenvalue weighted by Gasteiger charge is 2.46. The summed E-state index contributed by atoms with van der Waals surface area (Å²) in [6, 6.07) is 4.21. The number of carbonyl (C=O) groups is 1. The van der Waals surface area contributed by atoms with Gasteiger partial charge in [0.2, 0.25) is 0 Å². The Morgan fingerprint density at radius 2 is 1.56 bits per heavy atom. The predicted octanol–water partition coefficient (Wildman–Crippen LogP) is 9.58. The van der Waals surface area contributed by atoms with Crippen molar-refractivity contribution in [1.82, 2.24) is 5.32 Å². The van der Waals surface area contributed by atoms with Crippen LogP contribution in [0, 0.1) is 0 Å². The molecule has 1 N–H and O–H groups in total. The molecule has 2 aromatic carbocycles. The van der Waals surface area contributed by atoms with Gasteiger partial charge in [-0.15, -0.1) is 0 Å². The van der Waals surface area contributed by atoms with E-state index in [1.165, 1.54) is 0 Å². The highest BCUT2D eigenvalue weighted by molar-refractivity contribution is 7.99. The van der Waals surface area contributed by atoms with E-state index in [-0.39, 0.29) is 26.4 Å². The molecular weight excluding hydrogens is 628 g/mol. The van der Waals surface area contributed by atoms with Gasteiger partial charge in [0.25, 0.3) is 5.91 Å². The molecule has 1 aliphatic carbocycles. The van der Waals surface area contributed by atoms with E-state index in [2.05, 4.69) is 5.32 Å². The zero-order valence-corrected chi connectivity index (χ0v) is 22.4. The average Bonchev–Trinajstić information content (AvgIpc) is 3.54. The summed E-state index contributed by atoms with van der Waals surface area (Å²) in [5, 5.41) is 1.72. The molecular formula is C24H17Cl3F9NOS. The van der Waals surface area contributed by atoms with Crippen molar-refractivity contribution in [3.8, 4) is 0 Å². The monoisotopic (exact) mass is 643 g/mol. The van der Waals surface area contributed by atoms with Gasteiger partial charge in [-0.2, -0.15) is 51.3 Å². The van der Waals surface area contributed by atoms with Crippen LogP contribution in [0.15, 0.2) is 36.4 Å². The number of allylic oxidation sites excluding steroid dienone is 1. The molecule has 214 valence electrons. The number of hydrogen-bond acceptors (Lipinski definition) is 2. The van der Waals surface area contributed by atoms with Gasteiger partial charge in [0, 0.05) is 11.3 Å². The lowest BCUT2D eigenvalue weighted by atomic mass is 9.96. The van der Waals surface area contributed by atoms with Crippen molar-refractivity contribution < 1.29 is 44.3 Å². The second-order valence-corrected chi connectivity index (χ2v) is 11.0. The molecule has 0 aromatic heterocycles. The molecule has 1 aliphatic rings. The Hall–Kier alpha value is -1.76. The van der Waals surface area contributed by atoms with Gasteiger partial charge in [0.15, 0.2) is 0 Å². The van der Waals surface area contributed by atoms with Crippen molar-refractivity contribution in [3.05, 3.63) is 73.7 Å². The third-order valence-corrected chi connectivity index (χ3v) is 8.15. The van der Waals surface area contributed by atoms with Crippen molar-refractivity contribution in [2.45, 2.75) is 42.8 Å². The van der Waals surface area contributed by atoms with Crippen LogP contribution in [0.25, 0.3) is 6.08 Å². The molecule has 1 atom stereocenters. The van der Waals surface area contributed by atoms with Crippen molar-refractivity contribution in [3.63, 3.8) is 0 Å². The minimum absolute atomic E-state index is 0.141. The molecule has 0 radical (unpaired) electrons. The van der Waals surface area contributed by atoms with Gasteiger partial charge in [-0.1, -0.05) is 53.0 Å². The van der Waals surface area contributed by atoms with Crippen molar-refractivity contribution >= 4 is 58.5 Å². The van der Waals surface area contributed by atoms with E-state index in [1.807, 2.05) is 0 Å². The van der Waals surface area contributed by atoms with E-state index in [0.717, 1.165) is 30.3 Å². The fourth-order valence-electron chi connectivity index (χ4n) is 3.60. The predicted molar refractivity (Wildman–Crippen MR) is 134 cm³/mol. The van der Waals surface area contributed by atoms with E-state index in [1.54, 1.807) is 0 Å². The second-order valence-electron chi connectivity index (χ2n) is 8.82. The number of halogens is 12. The molecule has 0 bridgehead atoms. The molecule has 2 nitrogen and oxygen atoms in total. The Kier molecular flexibility index (Phi) is 9.46. The van der Waals surface area contributed by atoms with Gasteiger partial charge in [-0.05, 0) is 48.2 Å². The standard InChI is InChI=1S/C24H17Cl3F9NOS/c25-17-8-13(9-18(26)19(17)27)15(23(31,32)33)4-2-12-1-3-14(16(7-12)24(34,35)36)20(38)37-21(5-6-21)10-39-11-22(28,29)30/h1-4,7-9,15H,5-6,10-11H2,(H,37,38). The SMILES string of the molecule is O=C(NC1(CSCC(F)(F)F)CC1)c1ccc(C=CC(c2cc(Cl)c(Cl)c(Cl)c2)C(F)(F)F)cc1C(F)(F)F. The smallest absolute Gasteiger partial charge is 0.346 e. The van der Waals surface area contributed by atoms with Crippen LogP contribution in [0.3, 0.4) is 0 Å². The number of hydrogen-bond donors (Lipinski definition) is 1. The highest BCUT2D eigenvalue weighted by Crippen LogP contribution is 2.42. The Bertz CT molecular complexity index is 1230. The molecule has 1 saturated carbocycles. The summed E-state index contributed by atoms with van der Waals surface area (Å²) >= 11 is 17.9. The molecule has 0 saturated heterocycles. The number of carbonyl (C=O) groups excluding carboxylic acids is 1. The average molecular weight is 645 g/mol. The number of thioether (sulfide) groups is 1. The van der Waals surface area contributed by atoms with E-state index >= 15 is 0 Å². The van der Waals surface area contributed by atoms with Crippen LogP contribution in [0.1, 0.15) is 45.8 Å². The summed E-state index contributed by atoms with van der Waals surface area (Å²) in [5.41, 5.74) is -3.97. The van der Waals surface area contributed by atoms with Crippen molar-refractivity contribution in [1.29, 1.82) is 0 Å². The minimum Gasteiger partial charge on any atom is -0.346 e. The number of amides is 1. The maximum Gasteiger partial charge on any atom is 0.417 e. The first-order chi connectivity index (χ1) is 17.8. The molecule has 1 amide bonds. The number of benzene rings is 2. The van der Waals surface area contributed by atoms with Crippen LogP contribution < -0.4 is 5.32 Å². The summed E-state index contributed by atoms with van der Waals surface area (Å²) in [6.45, 7) is 0. The normalized spacial score (nSPS) is 16.4. The maximum atomic E-state index is 13.8. The maximum absolute atomic E-state index is 13.8. The first-order valence-corrected chi connectivity index (χ1v) is 13.2. The first kappa shape index (κ1) is 31.8. The zero-order valence-electron chi connectivity index (χ0n) is 19.3. The quantitative estimate of drug-likeness (QED) is 0.229. The Morgan fingerprint density at radius 3 is 2.05 bits per heavy atom. The third-order valence-electron chi connectivity index (χ3n) is 5.67. The Balaban J connectivity index is 1.87. The largest absolute Gasteiger partial charge is 0.417 e. The van der Waals surface area contributed by atoms with Crippen LogP contribution >= 0.6 is 46.6 Å². The molecule has 1 fully saturated rings. The van der Waals surface area contributed by atoms with Gasteiger partial charge in [0.05, 0.1) is 37.9 Å². The van der Waals surface area contributed by atoms with Gasteiger partial charge >= 0.3 is 18.5 Å². The van der Waals surface area contributed by atoms with Crippen LogP contribution in [-0.4, -0.2) is 35.3 Å². The van der Waals surface area contributed by atoms with Gasteiger partial charge in [-0.3, -0.25) is 4.79 Å². The van der Waals surface area contributed by atoms with E-state index in [9.17, 15) is 44.3 Å². The highest BCUT2D eigenvalue weighted by atomic mass is 35.5. The van der Waals surface area contributed by atoms with E-state index in [4.69, 9.17) is 34.8 Å². The molecule has 0 spiro atoms. The molecule has 0 aliphatic heterocycles. The summed E-state index contributed by atoms with van der Waals surface area (Å²) in [5.74, 6) is -4.77. The summed E-state index contributed by atoms with van der Waals surface area (Å²) in [6.07, 6.45) is -12.4. The lowest BCUT2D eigenvalue weighted by molar-refractivity contribution is -0.139. The van der Waals surface area contributed by atoms with Crippen LogP contribution in [0.5, 0.6) is 0 Å². The summed E-state index contributed by atoms with van der Waals surface area (Å²) in [7, 11) is 0. The van der Waals surface area contributed by atoms with Crippen molar-refractivity contribution in [2.75, 3.05) is 11.5 Å². The zero-order chi connectivity index (χ0) is 29.4. The molecule has 39 heavy (non-hydrogen) atoms. The van der Waals surface area contributed by atoms with Crippen LogP contribution in [0.4, 0.5) is 39.5 Å². The number of alkyl halides is 9. The Labute approximate surface area is 235 Å². The molecule has 15 heteroatoms. The minimum atomic E-state index is -5.06. The number of rotatable bonds is 8. The molecule has 3 rings (SSSR count). The lowest BCUT2D eigenvalue weighted by Gasteiger charge is -2.20. The summed E-state index contributed by atoms with van der Waals surface area (Å²) < 4.78 is 120. The third kappa shape index (κ3) is 8.61. The van der Waals surface area contributed by atoms with Gasteiger partial charge in [0.1, 0.15) is 0 Å². The van der Waals surface area contributed by atoms with Crippen LogP contribution in [-0.2, 0) is 6.18 Å². The van der Waals surface area contributed by atoms with E-state index in [0.29, 0.717) is 36.7 Å². The molecule has 1 unspecified atom stereocenters. The van der Waals surface area contributed by atoms with Gasteiger partial charge < -0.3 is 5.32 Å². The Morgan fingerprint density at radius 1 is 0.974 bits per heavy atom. The van der Waals surface area contributed by atoms with Crippen molar-refractivity contribution in [2.24, 2.45) is 0 Å². The van der Waals surface area contributed by atoms with Gasteiger partial charge in [-0.25, -0.2) is 0 Å².